The average Bonchev–Trinajstić information content (AvgIpc) is 2.32. The molecule has 18 heavy (non-hydrogen) atoms. The summed E-state index contributed by atoms with van der Waals surface area (Å²) in [6, 6.07) is 0.499. The van der Waals surface area contributed by atoms with Gasteiger partial charge in [0.25, 0.3) is 0 Å². The molecule has 1 aliphatic heterocycles. The largest absolute Gasteiger partial charge is 0.372 e. The van der Waals surface area contributed by atoms with Crippen molar-refractivity contribution in [1.29, 1.82) is 0 Å². The van der Waals surface area contributed by atoms with Crippen molar-refractivity contribution in [2.45, 2.75) is 39.7 Å². The predicted molar refractivity (Wildman–Crippen MR) is 74.3 cm³/mol. The van der Waals surface area contributed by atoms with E-state index in [-0.39, 0.29) is 0 Å². The highest BCUT2D eigenvalue weighted by atomic mass is 16.1. The molecule has 0 amide bonds. The lowest BCUT2D eigenvalue weighted by atomic mass is 9.82. The van der Waals surface area contributed by atoms with Gasteiger partial charge in [-0.3, -0.25) is 4.79 Å². The smallest absolute Gasteiger partial charge is 0.160 e. The van der Waals surface area contributed by atoms with Gasteiger partial charge in [-0.15, -0.1) is 0 Å². The second kappa shape index (κ2) is 5.27. The number of rotatable bonds is 2. The Morgan fingerprint density at radius 3 is 2.78 bits per heavy atom. The molecule has 3 nitrogen and oxygen atoms in total. The Hall–Kier alpha value is -1.09. The normalized spacial score (nSPS) is 29.7. The fourth-order valence-electron chi connectivity index (χ4n) is 2.89. The number of allylic oxidation sites excluding steroid dienone is 3. The van der Waals surface area contributed by atoms with Crippen molar-refractivity contribution in [1.82, 2.24) is 10.2 Å². The molecule has 0 bridgehead atoms. The zero-order chi connectivity index (χ0) is 13.3. The van der Waals surface area contributed by atoms with Crippen LogP contribution >= 0.6 is 0 Å². The number of ketones is 1. The van der Waals surface area contributed by atoms with Crippen LogP contribution in [-0.2, 0) is 4.79 Å². The maximum Gasteiger partial charge on any atom is 0.160 e. The first-order chi connectivity index (χ1) is 8.49. The maximum atomic E-state index is 12.1. The minimum atomic E-state index is 0.301. The van der Waals surface area contributed by atoms with Crippen molar-refractivity contribution >= 4 is 5.78 Å². The SMILES string of the molecule is C=C(C)C1CC(=O)C(C)=C(N2CCN[C@H](C)C2)C1. The highest BCUT2D eigenvalue weighted by Crippen LogP contribution is 2.33. The molecule has 0 spiro atoms. The third kappa shape index (κ3) is 2.66. The molecule has 0 aromatic carbocycles. The van der Waals surface area contributed by atoms with Gasteiger partial charge in [0.2, 0.25) is 0 Å². The van der Waals surface area contributed by atoms with Crippen molar-refractivity contribution in [2.75, 3.05) is 19.6 Å². The van der Waals surface area contributed by atoms with E-state index in [1.165, 1.54) is 5.70 Å². The Kier molecular flexibility index (Phi) is 3.91. The van der Waals surface area contributed by atoms with Crippen LogP contribution in [0.25, 0.3) is 0 Å². The fourth-order valence-corrected chi connectivity index (χ4v) is 2.89. The van der Waals surface area contributed by atoms with Crippen LogP contribution in [0.4, 0.5) is 0 Å². The monoisotopic (exact) mass is 248 g/mol. The van der Waals surface area contributed by atoms with E-state index in [4.69, 9.17) is 0 Å². The quantitative estimate of drug-likeness (QED) is 0.760. The van der Waals surface area contributed by atoms with Crippen molar-refractivity contribution in [3.05, 3.63) is 23.4 Å². The Balaban J connectivity index is 2.20. The van der Waals surface area contributed by atoms with Gasteiger partial charge in [0.1, 0.15) is 0 Å². The van der Waals surface area contributed by atoms with Crippen LogP contribution in [0.15, 0.2) is 23.4 Å². The first kappa shape index (κ1) is 13.3. The first-order valence-corrected chi connectivity index (χ1v) is 6.85. The van der Waals surface area contributed by atoms with E-state index in [0.29, 0.717) is 24.2 Å². The minimum absolute atomic E-state index is 0.301. The van der Waals surface area contributed by atoms with Crippen molar-refractivity contribution < 1.29 is 4.79 Å². The zero-order valence-corrected chi connectivity index (χ0v) is 11.8. The van der Waals surface area contributed by atoms with Crippen LogP contribution < -0.4 is 5.32 Å². The van der Waals surface area contributed by atoms with Gasteiger partial charge in [-0.25, -0.2) is 0 Å². The van der Waals surface area contributed by atoms with Crippen molar-refractivity contribution in [3.63, 3.8) is 0 Å². The number of Topliss-reactive ketones (excluding diaryl/α,β-unsaturated/α-hetero) is 1. The van der Waals surface area contributed by atoms with Crippen LogP contribution in [0.1, 0.15) is 33.6 Å². The Morgan fingerprint density at radius 2 is 2.17 bits per heavy atom. The summed E-state index contributed by atoms with van der Waals surface area (Å²) in [4.78, 5) is 14.5. The molecular weight excluding hydrogens is 224 g/mol. The van der Waals surface area contributed by atoms with Crippen LogP contribution in [0.2, 0.25) is 0 Å². The van der Waals surface area contributed by atoms with Crippen LogP contribution in [0, 0.1) is 5.92 Å². The van der Waals surface area contributed by atoms with E-state index in [9.17, 15) is 4.79 Å². The Bertz CT molecular complexity index is 397. The van der Waals surface area contributed by atoms with E-state index >= 15 is 0 Å². The molecular formula is C15H24N2O. The van der Waals surface area contributed by atoms with Crippen molar-refractivity contribution in [3.8, 4) is 0 Å². The maximum absolute atomic E-state index is 12.1. The number of carbonyl (C=O) groups is 1. The molecule has 0 saturated carbocycles. The van der Waals surface area contributed by atoms with Gasteiger partial charge in [-0.05, 0) is 33.1 Å². The summed E-state index contributed by atoms with van der Waals surface area (Å²) < 4.78 is 0. The summed E-state index contributed by atoms with van der Waals surface area (Å²) in [7, 11) is 0. The van der Waals surface area contributed by atoms with E-state index < -0.39 is 0 Å². The van der Waals surface area contributed by atoms with Crippen LogP contribution in [0.5, 0.6) is 0 Å². The molecule has 1 unspecified atom stereocenters. The van der Waals surface area contributed by atoms with Crippen LogP contribution in [-0.4, -0.2) is 36.4 Å². The molecule has 1 aliphatic carbocycles. The lowest BCUT2D eigenvalue weighted by molar-refractivity contribution is -0.116. The Labute approximate surface area is 110 Å². The molecule has 100 valence electrons. The van der Waals surface area contributed by atoms with Gasteiger partial charge >= 0.3 is 0 Å². The lowest BCUT2D eigenvalue weighted by Crippen LogP contribution is -2.49. The van der Waals surface area contributed by atoms with Gasteiger partial charge in [-0.1, -0.05) is 12.2 Å². The first-order valence-electron chi connectivity index (χ1n) is 6.85. The second-order valence-electron chi connectivity index (χ2n) is 5.75. The van der Waals surface area contributed by atoms with Crippen LogP contribution in [0.3, 0.4) is 0 Å². The number of carbonyl (C=O) groups excluding carboxylic acids is 1. The molecule has 0 aromatic heterocycles. The van der Waals surface area contributed by atoms with E-state index in [0.717, 1.165) is 37.2 Å². The van der Waals surface area contributed by atoms with E-state index in [1.54, 1.807) is 0 Å². The number of nitrogens with one attached hydrogen (secondary N) is 1. The molecule has 1 N–H and O–H groups in total. The molecule has 2 rings (SSSR count). The average molecular weight is 248 g/mol. The summed E-state index contributed by atoms with van der Waals surface area (Å²) in [6.45, 7) is 13.3. The molecule has 0 radical (unpaired) electrons. The molecule has 2 aliphatic rings. The van der Waals surface area contributed by atoms with Gasteiger partial charge in [0, 0.05) is 43.4 Å². The summed E-state index contributed by atoms with van der Waals surface area (Å²) in [5.41, 5.74) is 3.37. The highest BCUT2D eigenvalue weighted by Gasteiger charge is 2.29. The molecule has 0 aromatic rings. The highest BCUT2D eigenvalue weighted by molar-refractivity contribution is 5.96. The van der Waals surface area contributed by atoms with Gasteiger partial charge in [0.15, 0.2) is 5.78 Å². The summed E-state index contributed by atoms with van der Waals surface area (Å²) in [6.07, 6.45) is 1.63. The fraction of sp³-hybridized carbons (Fsp3) is 0.667. The molecule has 2 atom stereocenters. The van der Waals surface area contributed by atoms with Crippen molar-refractivity contribution in [2.24, 2.45) is 5.92 Å². The minimum Gasteiger partial charge on any atom is -0.372 e. The summed E-state index contributed by atoms with van der Waals surface area (Å²) >= 11 is 0. The van der Waals surface area contributed by atoms with Gasteiger partial charge < -0.3 is 10.2 Å². The summed E-state index contributed by atoms with van der Waals surface area (Å²) in [5.74, 6) is 0.636. The van der Waals surface area contributed by atoms with E-state index in [1.807, 2.05) is 13.8 Å². The number of piperazine rings is 1. The third-order valence-electron chi connectivity index (χ3n) is 4.17. The number of hydrogen-bond donors (Lipinski definition) is 1. The second-order valence-corrected chi connectivity index (χ2v) is 5.75. The Morgan fingerprint density at radius 1 is 1.44 bits per heavy atom. The topological polar surface area (TPSA) is 32.3 Å². The zero-order valence-electron chi connectivity index (χ0n) is 11.8. The lowest BCUT2D eigenvalue weighted by Gasteiger charge is -2.39. The van der Waals surface area contributed by atoms with Gasteiger partial charge in [0.05, 0.1) is 0 Å². The number of nitrogens with zero attached hydrogens (tertiary/aromatic N) is 1. The summed E-state index contributed by atoms with van der Waals surface area (Å²) in [5, 5.41) is 3.44. The van der Waals surface area contributed by atoms with Gasteiger partial charge in [-0.2, -0.15) is 0 Å². The third-order valence-corrected chi connectivity index (χ3v) is 4.17. The number of hydrogen-bond acceptors (Lipinski definition) is 3. The molecule has 1 heterocycles. The molecule has 3 heteroatoms. The van der Waals surface area contributed by atoms with E-state index in [2.05, 4.69) is 23.7 Å². The standard InChI is InChI=1S/C15H24N2O/c1-10(2)13-7-14(12(4)15(18)8-13)17-6-5-16-11(3)9-17/h11,13,16H,1,5-9H2,2-4H3/t11-,13?/m1/s1. The predicted octanol–water partition coefficient (Wildman–Crippen LogP) is 2.11. The molecule has 1 saturated heterocycles. The molecule has 1 fully saturated rings.